The number of hydrogen-bond donors (Lipinski definition) is 2. The Morgan fingerprint density at radius 3 is 2.87 bits per heavy atom. The lowest BCUT2D eigenvalue weighted by molar-refractivity contribution is -0.111. The number of benzene rings is 1. The highest BCUT2D eigenvalue weighted by Crippen LogP contribution is 2.65. The van der Waals surface area contributed by atoms with Gasteiger partial charge in [0.15, 0.2) is 0 Å². The topological polar surface area (TPSA) is 61.8 Å². The molecular formula is C16H14F3N3O. The zero-order valence-corrected chi connectivity index (χ0v) is 12.1. The van der Waals surface area contributed by atoms with Crippen molar-refractivity contribution in [3.63, 3.8) is 0 Å². The van der Waals surface area contributed by atoms with Gasteiger partial charge in [-0.05, 0) is 54.4 Å². The molecule has 1 aromatic carbocycles. The molecule has 7 heteroatoms. The first-order chi connectivity index (χ1) is 10.9. The minimum absolute atomic E-state index is 0.294. The van der Waals surface area contributed by atoms with Crippen LogP contribution in [0.3, 0.4) is 0 Å². The van der Waals surface area contributed by atoms with Gasteiger partial charge in [-0.1, -0.05) is 6.07 Å². The summed E-state index contributed by atoms with van der Waals surface area (Å²) < 4.78 is 41.1. The molecule has 0 amide bonds. The number of alkyl halides is 3. The maximum absolute atomic E-state index is 13.7. The van der Waals surface area contributed by atoms with Crippen molar-refractivity contribution in [3.05, 3.63) is 28.8 Å². The Bertz CT molecular complexity index is 869. The SMILES string of the molecule is O[C@H]1C(C(F)(F)F)=C2c3ccc4n[nH]nc4c3CC23CCC1C3. The number of H-pyrrole nitrogens is 1. The molecule has 2 unspecified atom stereocenters. The predicted octanol–water partition coefficient (Wildman–Crippen LogP) is 2.99. The lowest BCUT2D eigenvalue weighted by Gasteiger charge is -2.36. The van der Waals surface area contributed by atoms with E-state index in [1.54, 1.807) is 12.1 Å². The molecule has 4 nitrogen and oxygen atoms in total. The number of aliphatic hydroxyl groups excluding tert-OH is 1. The second-order valence-electron chi connectivity index (χ2n) is 6.97. The molecule has 2 aromatic rings. The molecule has 1 aromatic heterocycles. The molecule has 2 N–H and O–H groups in total. The minimum Gasteiger partial charge on any atom is -0.388 e. The van der Waals surface area contributed by atoms with Gasteiger partial charge in [-0.15, -0.1) is 0 Å². The van der Waals surface area contributed by atoms with Gasteiger partial charge >= 0.3 is 6.18 Å². The van der Waals surface area contributed by atoms with E-state index in [1.807, 2.05) is 0 Å². The molecule has 2 bridgehead atoms. The maximum atomic E-state index is 13.7. The van der Waals surface area contributed by atoms with Crippen LogP contribution >= 0.6 is 0 Å². The first-order valence-electron chi connectivity index (χ1n) is 7.73. The molecule has 1 fully saturated rings. The van der Waals surface area contributed by atoms with E-state index in [4.69, 9.17) is 0 Å². The van der Waals surface area contributed by atoms with Crippen molar-refractivity contribution in [1.29, 1.82) is 0 Å². The fourth-order valence-electron chi connectivity index (χ4n) is 5.04. The predicted molar refractivity (Wildman–Crippen MR) is 76.3 cm³/mol. The van der Waals surface area contributed by atoms with Crippen LogP contribution in [0.5, 0.6) is 0 Å². The van der Waals surface area contributed by atoms with E-state index in [1.165, 1.54) is 0 Å². The number of halogens is 3. The highest BCUT2D eigenvalue weighted by molar-refractivity contribution is 5.91. The zero-order valence-electron chi connectivity index (χ0n) is 12.1. The Labute approximate surface area is 129 Å². The summed E-state index contributed by atoms with van der Waals surface area (Å²) in [5.74, 6) is -0.294. The molecule has 0 aliphatic heterocycles. The van der Waals surface area contributed by atoms with Crippen LogP contribution in [0.4, 0.5) is 13.2 Å². The van der Waals surface area contributed by atoms with Gasteiger partial charge in [0.25, 0.3) is 0 Å². The normalized spacial score (nSPS) is 32.5. The molecule has 23 heavy (non-hydrogen) atoms. The van der Waals surface area contributed by atoms with Crippen molar-refractivity contribution in [3.8, 4) is 0 Å². The quantitative estimate of drug-likeness (QED) is 0.784. The van der Waals surface area contributed by atoms with Gasteiger partial charge in [0.1, 0.15) is 11.0 Å². The van der Waals surface area contributed by atoms with E-state index in [9.17, 15) is 18.3 Å². The van der Waals surface area contributed by atoms with Crippen LogP contribution in [0.2, 0.25) is 0 Å². The van der Waals surface area contributed by atoms with Crippen LogP contribution in [0.15, 0.2) is 17.7 Å². The molecule has 0 saturated heterocycles. The summed E-state index contributed by atoms with van der Waals surface area (Å²) in [6.45, 7) is 0. The Morgan fingerprint density at radius 1 is 1.26 bits per heavy atom. The fourth-order valence-corrected chi connectivity index (χ4v) is 5.04. The molecule has 5 rings (SSSR count). The van der Waals surface area contributed by atoms with E-state index >= 15 is 0 Å². The van der Waals surface area contributed by atoms with Crippen molar-refractivity contribution < 1.29 is 18.3 Å². The number of nitrogens with one attached hydrogen (secondary N) is 1. The number of nitrogens with zero attached hydrogens (tertiary/aromatic N) is 2. The van der Waals surface area contributed by atoms with E-state index in [-0.39, 0.29) is 5.92 Å². The fraction of sp³-hybridized carbons (Fsp3) is 0.500. The third kappa shape index (κ3) is 1.56. The number of aliphatic hydroxyl groups is 1. The monoisotopic (exact) mass is 321 g/mol. The second-order valence-corrected chi connectivity index (χ2v) is 6.97. The number of aromatic amines is 1. The number of fused-ring (bicyclic) bond motifs is 5. The summed E-state index contributed by atoms with van der Waals surface area (Å²) in [5, 5.41) is 21.0. The van der Waals surface area contributed by atoms with Crippen molar-refractivity contribution >= 4 is 16.6 Å². The van der Waals surface area contributed by atoms with E-state index in [0.29, 0.717) is 47.9 Å². The van der Waals surface area contributed by atoms with Gasteiger partial charge in [-0.25, -0.2) is 0 Å². The third-order valence-corrected chi connectivity index (χ3v) is 5.87. The Morgan fingerprint density at radius 2 is 2.09 bits per heavy atom. The van der Waals surface area contributed by atoms with Gasteiger partial charge in [0.05, 0.1) is 11.7 Å². The largest absolute Gasteiger partial charge is 0.415 e. The van der Waals surface area contributed by atoms with Gasteiger partial charge < -0.3 is 5.11 Å². The summed E-state index contributed by atoms with van der Waals surface area (Å²) >= 11 is 0. The maximum Gasteiger partial charge on any atom is 0.415 e. The third-order valence-electron chi connectivity index (χ3n) is 5.87. The van der Waals surface area contributed by atoms with Gasteiger partial charge in [-0.2, -0.15) is 28.6 Å². The Hall–Kier alpha value is -1.89. The lowest BCUT2D eigenvalue weighted by Crippen LogP contribution is -2.37. The molecule has 1 saturated carbocycles. The standard InChI is InChI=1S/C16H14F3N3O/c17-16(18,19)12-11-8-1-2-10-13(21-22-20-10)9(8)6-15(11)4-3-7(5-15)14(12)23/h1-2,7,14,23H,3-6H2,(H,20,21,22)/t7?,14-,15?/m1/s1. The minimum atomic E-state index is -4.51. The van der Waals surface area contributed by atoms with Gasteiger partial charge in [0.2, 0.25) is 0 Å². The highest BCUT2D eigenvalue weighted by atomic mass is 19.4. The number of hydrogen-bond acceptors (Lipinski definition) is 3. The molecular weight excluding hydrogens is 307 g/mol. The average molecular weight is 321 g/mol. The smallest absolute Gasteiger partial charge is 0.388 e. The molecule has 3 aliphatic rings. The summed E-state index contributed by atoms with van der Waals surface area (Å²) in [6.07, 6.45) is -3.41. The molecule has 120 valence electrons. The Kier molecular flexibility index (Phi) is 2.33. The van der Waals surface area contributed by atoms with Crippen LogP contribution in [-0.4, -0.2) is 32.8 Å². The average Bonchev–Trinajstić information content (AvgIpc) is 3.15. The molecule has 3 atom stereocenters. The number of allylic oxidation sites excluding steroid dienone is 1. The van der Waals surface area contributed by atoms with Gasteiger partial charge in [0, 0.05) is 5.41 Å². The van der Waals surface area contributed by atoms with E-state index in [0.717, 1.165) is 5.56 Å². The van der Waals surface area contributed by atoms with Crippen LogP contribution in [0.1, 0.15) is 30.4 Å². The van der Waals surface area contributed by atoms with Crippen molar-refractivity contribution in [2.75, 3.05) is 0 Å². The lowest BCUT2D eigenvalue weighted by atomic mass is 9.70. The van der Waals surface area contributed by atoms with Crippen LogP contribution in [-0.2, 0) is 6.42 Å². The molecule has 1 spiro atoms. The Balaban J connectivity index is 1.87. The van der Waals surface area contributed by atoms with Crippen LogP contribution < -0.4 is 0 Å². The summed E-state index contributed by atoms with van der Waals surface area (Å²) in [6, 6.07) is 3.41. The zero-order chi connectivity index (χ0) is 16.0. The van der Waals surface area contributed by atoms with Crippen LogP contribution in [0.25, 0.3) is 16.6 Å². The molecule has 1 heterocycles. The second kappa shape index (κ2) is 3.95. The van der Waals surface area contributed by atoms with Crippen molar-refractivity contribution in [2.45, 2.75) is 38.0 Å². The summed E-state index contributed by atoms with van der Waals surface area (Å²) in [7, 11) is 0. The first kappa shape index (κ1) is 13.5. The van der Waals surface area contributed by atoms with Crippen molar-refractivity contribution in [1.82, 2.24) is 15.4 Å². The van der Waals surface area contributed by atoms with Crippen molar-refractivity contribution in [2.24, 2.45) is 11.3 Å². The summed E-state index contributed by atoms with van der Waals surface area (Å²) in [5.41, 5.74) is 1.84. The first-order valence-corrected chi connectivity index (χ1v) is 7.73. The highest BCUT2D eigenvalue weighted by Gasteiger charge is 2.59. The van der Waals surface area contributed by atoms with E-state index < -0.39 is 23.3 Å². The molecule has 3 aliphatic carbocycles. The van der Waals surface area contributed by atoms with E-state index in [2.05, 4.69) is 15.4 Å². The molecule has 0 radical (unpaired) electrons. The van der Waals surface area contributed by atoms with Crippen LogP contribution in [0, 0.1) is 11.3 Å². The number of rotatable bonds is 0. The number of aromatic nitrogens is 3. The summed E-state index contributed by atoms with van der Waals surface area (Å²) in [4.78, 5) is 0. The van der Waals surface area contributed by atoms with Gasteiger partial charge in [-0.3, -0.25) is 0 Å².